The number of hydrogen-bond donors (Lipinski definition) is 0. The lowest BCUT2D eigenvalue weighted by atomic mass is 10.1. The standard InChI is InChI=1S/C13H12N2/c1-15-8-7-12(13(15)10-14)9-11-5-3-2-4-6-11/h2-8H,9H2,1H3. The highest BCUT2D eigenvalue weighted by atomic mass is 14.9. The van der Waals surface area contributed by atoms with Gasteiger partial charge in [0.25, 0.3) is 0 Å². The van der Waals surface area contributed by atoms with Crippen LogP contribution in [0.2, 0.25) is 0 Å². The molecule has 0 unspecified atom stereocenters. The monoisotopic (exact) mass is 196 g/mol. The summed E-state index contributed by atoms with van der Waals surface area (Å²) in [7, 11) is 1.90. The van der Waals surface area contributed by atoms with E-state index in [-0.39, 0.29) is 0 Å². The maximum Gasteiger partial charge on any atom is 0.123 e. The molecule has 0 aliphatic heterocycles. The minimum Gasteiger partial charge on any atom is -0.342 e. The molecule has 0 aliphatic rings. The molecule has 2 rings (SSSR count). The van der Waals surface area contributed by atoms with Crippen LogP contribution in [0.3, 0.4) is 0 Å². The molecule has 2 nitrogen and oxygen atoms in total. The third-order valence-electron chi connectivity index (χ3n) is 2.50. The Morgan fingerprint density at radius 1 is 1.20 bits per heavy atom. The zero-order valence-electron chi connectivity index (χ0n) is 8.64. The molecule has 0 bridgehead atoms. The molecule has 0 N–H and O–H groups in total. The van der Waals surface area contributed by atoms with Crippen molar-refractivity contribution in [1.29, 1.82) is 5.26 Å². The van der Waals surface area contributed by atoms with E-state index in [4.69, 9.17) is 5.26 Å². The van der Waals surface area contributed by atoms with Crippen molar-refractivity contribution in [3.63, 3.8) is 0 Å². The van der Waals surface area contributed by atoms with Crippen LogP contribution in [0.1, 0.15) is 16.8 Å². The Balaban J connectivity index is 2.30. The molecule has 15 heavy (non-hydrogen) atoms. The van der Waals surface area contributed by atoms with Crippen molar-refractivity contribution in [2.24, 2.45) is 7.05 Å². The third kappa shape index (κ3) is 1.92. The molecule has 1 aromatic heterocycles. The minimum atomic E-state index is 0.749. The molecule has 2 aromatic rings. The summed E-state index contributed by atoms with van der Waals surface area (Å²) >= 11 is 0. The van der Waals surface area contributed by atoms with E-state index in [1.807, 2.05) is 42.1 Å². The number of aromatic nitrogens is 1. The number of benzene rings is 1. The Morgan fingerprint density at radius 2 is 1.93 bits per heavy atom. The van der Waals surface area contributed by atoms with Gasteiger partial charge >= 0.3 is 0 Å². The molecule has 1 heterocycles. The van der Waals surface area contributed by atoms with Crippen LogP contribution in [0.4, 0.5) is 0 Å². The van der Waals surface area contributed by atoms with Gasteiger partial charge in [-0.1, -0.05) is 30.3 Å². The quantitative estimate of drug-likeness (QED) is 0.725. The number of rotatable bonds is 2. The molecule has 0 amide bonds. The zero-order chi connectivity index (χ0) is 10.7. The van der Waals surface area contributed by atoms with Gasteiger partial charge < -0.3 is 4.57 Å². The van der Waals surface area contributed by atoms with Crippen LogP contribution in [-0.4, -0.2) is 4.57 Å². The fourth-order valence-electron chi connectivity index (χ4n) is 1.69. The molecule has 0 aliphatic carbocycles. The Kier molecular flexibility index (Phi) is 2.55. The first kappa shape index (κ1) is 9.54. The van der Waals surface area contributed by atoms with E-state index in [1.54, 1.807) is 0 Å². The molecular weight excluding hydrogens is 184 g/mol. The second-order valence-corrected chi connectivity index (χ2v) is 3.57. The van der Waals surface area contributed by atoms with Gasteiger partial charge in [-0.25, -0.2) is 0 Å². The minimum absolute atomic E-state index is 0.749. The van der Waals surface area contributed by atoms with Crippen LogP contribution in [0.25, 0.3) is 0 Å². The average molecular weight is 196 g/mol. The molecule has 0 radical (unpaired) electrons. The zero-order valence-corrected chi connectivity index (χ0v) is 8.64. The molecule has 0 saturated heterocycles. The average Bonchev–Trinajstić information content (AvgIpc) is 2.61. The first-order valence-corrected chi connectivity index (χ1v) is 4.89. The summed E-state index contributed by atoms with van der Waals surface area (Å²) in [5, 5.41) is 9.00. The highest BCUT2D eigenvalue weighted by molar-refractivity contribution is 5.37. The summed E-state index contributed by atoms with van der Waals surface area (Å²) in [4.78, 5) is 0. The van der Waals surface area contributed by atoms with Crippen molar-refractivity contribution in [3.8, 4) is 6.07 Å². The van der Waals surface area contributed by atoms with Gasteiger partial charge in [0.05, 0.1) is 0 Å². The number of nitriles is 1. The normalized spacial score (nSPS) is 9.87. The summed E-state index contributed by atoms with van der Waals surface area (Å²) in [6.45, 7) is 0. The van der Waals surface area contributed by atoms with Gasteiger partial charge in [-0.3, -0.25) is 0 Å². The van der Waals surface area contributed by atoms with Gasteiger partial charge in [0, 0.05) is 19.7 Å². The third-order valence-corrected chi connectivity index (χ3v) is 2.50. The van der Waals surface area contributed by atoms with Crippen molar-refractivity contribution < 1.29 is 0 Å². The van der Waals surface area contributed by atoms with E-state index in [9.17, 15) is 0 Å². The number of nitrogens with zero attached hydrogens (tertiary/aromatic N) is 2. The Hall–Kier alpha value is -2.01. The van der Waals surface area contributed by atoms with Crippen LogP contribution in [0.5, 0.6) is 0 Å². The van der Waals surface area contributed by atoms with Gasteiger partial charge in [0.15, 0.2) is 0 Å². The summed E-state index contributed by atoms with van der Waals surface area (Å²) in [6, 6.07) is 14.4. The van der Waals surface area contributed by atoms with E-state index >= 15 is 0 Å². The second-order valence-electron chi connectivity index (χ2n) is 3.57. The fourth-order valence-corrected chi connectivity index (χ4v) is 1.69. The Morgan fingerprint density at radius 3 is 2.60 bits per heavy atom. The fraction of sp³-hybridized carbons (Fsp3) is 0.154. The second kappa shape index (κ2) is 4.02. The van der Waals surface area contributed by atoms with Crippen LogP contribution in [0, 0.1) is 11.3 Å². The van der Waals surface area contributed by atoms with Gasteiger partial charge in [-0.05, 0) is 17.2 Å². The van der Waals surface area contributed by atoms with Crippen molar-refractivity contribution in [2.45, 2.75) is 6.42 Å². The molecule has 0 fully saturated rings. The summed E-state index contributed by atoms with van der Waals surface area (Å²) < 4.78 is 1.86. The molecule has 1 aromatic carbocycles. The van der Waals surface area contributed by atoms with Crippen LogP contribution < -0.4 is 0 Å². The summed E-state index contributed by atoms with van der Waals surface area (Å²) in [5.41, 5.74) is 3.07. The van der Waals surface area contributed by atoms with Gasteiger partial charge in [0.2, 0.25) is 0 Å². The predicted octanol–water partition coefficient (Wildman–Crippen LogP) is 2.49. The molecule has 74 valence electrons. The van der Waals surface area contributed by atoms with Gasteiger partial charge in [-0.15, -0.1) is 0 Å². The first-order valence-electron chi connectivity index (χ1n) is 4.89. The molecule has 0 saturated carbocycles. The van der Waals surface area contributed by atoms with Crippen LogP contribution in [-0.2, 0) is 13.5 Å². The van der Waals surface area contributed by atoms with Crippen molar-refractivity contribution in [3.05, 3.63) is 59.4 Å². The SMILES string of the molecule is Cn1ccc(Cc2ccccc2)c1C#N. The largest absolute Gasteiger partial charge is 0.342 e. The predicted molar refractivity (Wildman–Crippen MR) is 59.4 cm³/mol. The highest BCUT2D eigenvalue weighted by Gasteiger charge is 2.06. The highest BCUT2D eigenvalue weighted by Crippen LogP contribution is 2.14. The summed E-state index contributed by atoms with van der Waals surface area (Å²) in [6.07, 6.45) is 2.75. The van der Waals surface area contributed by atoms with E-state index in [2.05, 4.69) is 18.2 Å². The van der Waals surface area contributed by atoms with E-state index < -0.39 is 0 Å². The Bertz CT molecular complexity index is 489. The van der Waals surface area contributed by atoms with E-state index in [0.717, 1.165) is 17.7 Å². The van der Waals surface area contributed by atoms with Crippen LogP contribution in [0.15, 0.2) is 42.6 Å². The molecule has 2 heteroatoms. The lowest BCUT2D eigenvalue weighted by molar-refractivity contribution is 0.900. The molecular formula is C13H12N2. The molecule has 0 spiro atoms. The van der Waals surface area contributed by atoms with Crippen molar-refractivity contribution in [1.82, 2.24) is 4.57 Å². The lowest BCUT2D eigenvalue weighted by Crippen LogP contribution is -1.94. The number of aryl methyl sites for hydroxylation is 1. The topological polar surface area (TPSA) is 28.7 Å². The lowest BCUT2D eigenvalue weighted by Gasteiger charge is -2.00. The van der Waals surface area contributed by atoms with E-state index in [0.29, 0.717) is 0 Å². The van der Waals surface area contributed by atoms with Gasteiger partial charge in [-0.2, -0.15) is 5.26 Å². The smallest absolute Gasteiger partial charge is 0.123 e. The Labute approximate surface area is 89.4 Å². The summed E-state index contributed by atoms with van der Waals surface area (Å²) in [5.74, 6) is 0. The first-order chi connectivity index (χ1) is 7.31. The van der Waals surface area contributed by atoms with E-state index in [1.165, 1.54) is 5.56 Å². The number of hydrogen-bond acceptors (Lipinski definition) is 1. The maximum atomic E-state index is 9.00. The van der Waals surface area contributed by atoms with Crippen molar-refractivity contribution in [2.75, 3.05) is 0 Å². The molecule has 0 atom stereocenters. The maximum absolute atomic E-state index is 9.00. The van der Waals surface area contributed by atoms with Crippen LogP contribution >= 0.6 is 0 Å². The van der Waals surface area contributed by atoms with Crippen molar-refractivity contribution >= 4 is 0 Å². The van der Waals surface area contributed by atoms with Gasteiger partial charge in [0.1, 0.15) is 11.8 Å².